The van der Waals surface area contributed by atoms with E-state index in [1.54, 1.807) is 0 Å². The lowest BCUT2D eigenvalue weighted by molar-refractivity contribution is 0.162. The quantitative estimate of drug-likeness (QED) is 0.708. The molecule has 0 aromatic heterocycles. The monoisotopic (exact) mass is 225 g/mol. The fourth-order valence-corrected chi connectivity index (χ4v) is 3.01. The van der Waals surface area contributed by atoms with Crippen LogP contribution in [0.4, 0.5) is 0 Å². The van der Waals surface area contributed by atoms with Gasteiger partial charge in [0.2, 0.25) is 0 Å². The molecular weight excluding hydrogens is 198 g/mol. The summed E-state index contributed by atoms with van der Waals surface area (Å²) in [5.74, 6) is 0. The van der Waals surface area contributed by atoms with Gasteiger partial charge in [0, 0.05) is 25.7 Å². The third-order valence-electron chi connectivity index (χ3n) is 4.01. The van der Waals surface area contributed by atoms with E-state index in [0.29, 0.717) is 0 Å². The van der Waals surface area contributed by atoms with Crippen molar-refractivity contribution in [3.8, 4) is 0 Å². The third kappa shape index (κ3) is 3.44. The number of nitrogens with zero attached hydrogens (tertiary/aromatic N) is 2. The summed E-state index contributed by atoms with van der Waals surface area (Å²) >= 11 is 0. The Morgan fingerprint density at radius 3 is 2.69 bits per heavy atom. The molecule has 16 heavy (non-hydrogen) atoms. The topological polar surface area (TPSA) is 18.5 Å². The summed E-state index contributed by atoms with van der Waals surface area (Å²) in [6.07, 6.45) is 5.70. The van der Waals surface area contributed by atoms with Crippen LogP contribution in [0.2, 0.25) is 0 Å². The second-order valence-electron chi connectivity index (χ2n) is 5.19. The highest BCUT2D eigenvalue weighted by molar-refractivity contribution is 4.84. The Labute approximate surface area is 100 Å². The average Bonchev–Trinajstić information content (AvgIpc) is 2.79. The van der Waals surface area contributed by atoms with Crippen LogP contribution < -0.4 is 5.32 Å². The molecule has 3 heteroatoms. The van der Waals surface area contributed by atoms with Crippen molar-refractivity contribution in [2.24, 2.45) is 0 Å². The first-order valence-electron chi connectivity index (χ1n) is 7.07. The van der Waals surface area contributed by atoms with E-state index in [0.717, 1.165) is 19.1 Å². The molecule has 2 aliphatic rings. The highest BCUT2D eigenvalue weighted by Crippen LogP contribution is 2.19. The molecule has 0 bridgehead atoms. The van der Waals surface area contributed by atoms with Crippen molar-refractivity contribution < 1.29 is 0 Å². The van der Waals surface area contributed by atoms with Crippen LogP contribution in [0.25, 0.3) is 0 Å². The number of hydrogen-bond acceptors (Lipinski definition) is 3. The van der Waals surface area contributed by atoms with Crippen molar-refractivity contribution in [3.63, 3.8) is 0 Å². The fourth-order valence-electron chi connectivity index (χ4n) is 3.01. The molecule has 0 aromatic carbocycles. The molecule has 2 aliphatic heterocycles. The van der Waals surface area contributed by atoms with Gasteiger partial charge in [-0.05, 0) is 45.4 Å². The van der Waals surface area contributed by atoms with E-state index < -0.39 is 0 Å². The largest absolute Gasteiger partial charge is 0.316 e. The van der Waals surface area contributed by atoms with Gasteiger partial charge in [0.25, 0.3) is 0 Å². The molecular formula is C13H27N3. The van der Waals surface area contributed by atoms with Crippen molar-refractivity contribution in [3.05, 3.63) is 0 Å². The van der Waals surface area contributed by atoms with Gasteiger partial charge in [-0.15, -0.1) is 0 Å². The number of nitrogens with one attached hydrogen (secondary N) is 1. The third-order valence-corrected chi connectivity index (χ3v) is 4.01. The number of hydrogen-bond donors (Lipinski definition) is 1. The fraction of sp³-hybridized carbons (Fsp3) is 1.00. The van der Waals surface area contributed by atoms with Gasteiger partial charge in [-0.25, -0.2) is 0 Å². The van der Waals surface area contributed by atoms with Gasteiger partial charge in [0.05, 0.1) is 0 Å². The predicted octanol–water partition coefficient (Wildman–Crippen LogP) is 1.16. The first-order valence-corrected chi connectivity index (χ1v) is 7.07. The normalized spacial score (nSPS) is 28.7. The van der Waals surface area contributed by atoms with Crippen LogP contribution in [-0.4, -0.2) is 61.7 Å². The number of likely N-dealkylation sites (tertiary alicyclic amines) is 2. The van der Waals surface area contributed by atoms with E-state index in [9.17, 15) is 0 Å². The first-order chi connectivity index (χ1) is 7.90. The molecule has 1 unspecified atom stereocenters. The van der Waals surface area contributed by atoms with E-state index in [-0.39, 0.29) is 0 Å². The van der Waals surface area contributed by atoms with Crippen LogP contribution in [0.5, 0.6) is 0 Å². The summed E-state index contributed by atoms with van der Waals surface area (Å²) in [6.45, 7) is 11.0. The van der Waals surface area contributed by atoms with Gasteiger partial charge in [-0.3, -0.25) is 4.90 Å². The predicted molar refractivity (Wildman–Crippen MR) is 68.8 cm³/mol. The van der Waals surface area contributed by atoms with Gasteiger partial charge in [-0.1, -0.05) is 13.3 Å². The zero-order valence-corrected chi connectivity index (χ0v) is 10.7. The molecule has 94 valence electrons. The lowest BCUT2D eigenvalue weighted by Gasteiger charge is -2.32. The molecule has 0 radical (unpaired) electrons. The molecule has 2 rings (SSSR count). The van der Waals surface area contributed by atoms with Crippen LogP contribution in [0, 0.1) is 0 Å². The van der Waals surface area contributed by atoms with Crippen molar-refractivity contribution in [1.29, 1.82) is 0 Å². The Bertz CT molecular complexity index is 190. The summed E-state index contributed by atoms with van der Waals surface area (Å²) < 4.78 is 0. The smallest absolute Gasteiger partial charge is 0.0235 e. The van der Waals surface area contributed by atoms with E-state index >= 15 is 0 Å². The highest BCUT2D eigenvalue weighted by Gasteiger charge is 2.27. The minimum atomic E-state index is 0.863. The minimum absolute atomic E-state index is 0.863. The molecule has 3 nitrogen and oxygen atoms in total. The van der Waals surface area contributed by atoms with Crippen molar-refractivity contribution >= 4 is 0 Å². The molecule has 0 aliphatic carbocycles. The number of piperidine rings is 1. The van der Waals surface area contributed by atoms with E-state index in [1.807, 2.05) is 0 Å². The van der Waals surface area contributed by atoms with Crippen LogP contribution in [0.15, 0.2) is 0 Å². The van der Waals surface area contributed by atoms with Gasteiger partial charge in [-0.2, -0.15) is 0 Å². The second kappa shape index (κ2) is 6.58. The second-order valence-corrected chi connectivity index (χ2v) is 5.19. The van der Waals surface area contributed by atoms with Gasteiger partial charge >= 0.3 is 0 Å². The maximum atomic E-state index is 3.41. The Morgan fingerprint density at radius 2 is 1.94 bits per heavy atom. The standard InChI is InChI=1S/C13H27N3/c1-2-14-7-11-15-10-6-13(12-15)16-8-4-3-5-9-16/h13-14H,2-12H2,1H3. The molecule has 1 atom stereocenters. The summed E-state index contributed by atoms with van der Waals surface area (Å²) in [4.78, 5) is 5.36. The summed E-state index contributed by atoms with van der Waals surface area (Å²) in [5, 5.41) is 3.41. The zero-order valence-electron chi connectivity index (χ0n) is 10.7. The van der Waals surface area contributed by atoms with Crippen LogP contribution in [-0.2, 0) is 0 Å². The van der Waals surface area contributed by atoms with Crippen LogP contribution >= 0.6 is 0 Å². The molecule has 0 aromatic rings. The molecule has 2 heterocycles. The molecule has 0 saturated carbocycles. The minimum Gasteiger partial charge on any atom is -0.316 e. The van der Waals surface area contributed by atoms with Crippen LogP contribution in [0.1, 0.15) is 32.6 Å². The summed E-state index contributed by atoms with van der Waals surface area (Å²) in [6, 6.07) is 0.863. The lowest BCUT2D eigenvalue weighted by Crippen LogP contribution is -2.41. The molecule has 2 fully saturated rings. The summed E-state index contributed by atoms with van der Waals surface area (Å²) in [7, 11) is 0. The molecule has 1 N–H and O–H groups in total. The average molecular weight is 225 g/mol. The SMILES string of the molecule is CCNCCN1CCC(N2CCCCC2)C1. The Kier molecular flexibility index (Phi) is 5.07. The van der Waals surface area contributed by atoms with E-state index in [4.69, 9.17) is 0 Å². The Hall–Kier alpha value is -0.120. The maximum Gasteiger partial charge on any atom is 0.0235 e. The molecule has 0 spiro atoms. The lowest BCUT2D eigenvalue weighted by atomic mass is 10.1. The number of likely N-dealkylation sites (N-methyl/N-ethyl adjacent to an activating group) is 1. The van der Waals surface area contributed by atoms with Crippen molar-refractivity contribution in [1.82, 2.24) is 15.1 Å². The summed E-state index contributed by atoms with van der Waals surface area (Å²) in [5.41, 5.74) is 0. The number of rotatable bonds is 5. The van der Waals surface area contributed by atoms with Gasteiger partial charge < -0.3 is 10.2 Å². The maximum absolute atomic E-state index is 3.41. The van der Waals surface area contributed by atoms with Crippen molar-refractivity contribution in [2.75, 3.05) is 45.8 Å². The first kappa shape index (κ1) is 12.3. The Balaban J connectivity index is 1.66. The van der Waals surface area contributed by atoms with Crippen LogP contribution in [0.3, 0.4) is 0 Å². The van der Waals surface area contributed by atoms with Crippen molar-refractivity contribution in [2.45, 2.75) is 38.6 Å². The Morgan fingerprint density at radius 1 is 1.12 bits per heavy atom. The molecule has 2 saturated heterocycles. The van der Waals surface area contributed by atoms with E-state index in [2.05, 4.69) is 22.0 Å². The van der Waals surface area contributed by atoms with Gasteiger partial charge in [0.1, 0.15) is 0 Å². The van der Waals surface area contributed by atoms with Gasteiger partial charge in [0.15, 0.2) is 0 Å². The molecule has 0 amide bonds. The van der Waals surface area contributed by atoms with E-state index in [1.165, 1.54) is 58.4 Å². The zero-order chi connectivity index (χ0) is 11.2. The highest BCUT2D eigenvalue weighted by atomic mass is 15.3.